The van der Waals surface area contributed by atoms with Crippen molar-refractivity contribution < 1.29 is 0 Å². The lowest BCUT2D eigenvalue weighted by Crippen LogP contribution is -2.06. The number of fused-ring (bicyclic) bond motifs is 3. The lowest BCUT2D eigenvalue weighted by Gasteiger charge is -2.13. The number of aromatic nitrogens is 7. The Morgan fingerprint density at radius 2 is 1.74 bits per heavy atom. The van der Waals surface area contributed by atoms with E-state index in [1.807, 2.05) is 71.2 Å². The van der Waals surface area contributed by atoms with Crippen LogP contribution >= 0.6 is 11.3 Å². The van der Waals surface area contributed by atoms with Gasteiger partial charge in [-0.05, 0) is 48.7 Å². The van der Waals surface area contributed by atoms with Crippen LogP contribution in [0.1, 0.15) is 5.69 Å². The van der Waals surface area contributed by atoms with E-state index >= 15 is 0 Å². The number of hydrogen-bond donors (Lipinski definition) is 0. The summed E-state index contributed by atoms with van der Waals surface area (Å²) in [5.41, 5.74) is 6.66. The van der Waals surface area contributed by atoms with Crippen molar-refractivity contribution >= 4 is 28.1 Å². The fourth-order valence-electron chi connectivity index (χ4n) is 4.58. The molecule has 7 rings (SSSR count). The van der Waals surface area contributed by atoms with Gasteiger partial charge in [0, 0.05) is 12.4 Å². The van der Waals surface area contributed by atoms with Crippen molar-refractivity contribution in [2.75, 3.05) is 0 Å². The van der Waals surface area contributed by atoms with Gasteiger partial charge in [0.05, 0.1) is 44.2 Å². The van der Waals surface area contributed by atoms with E-state index in [2.05, 4.69) is 45.1 Å². The second-order valence-corrected chi connectivity index (χ2v) is 9.19. The van der Waals surface area contributed by atoms with Crippen molar-refractivity contribution in [3.63, 3.8) is 0 Å². The highest BCUT2D eigenvalue weighted by atomic mass is 32.1. The van der Waals surface area contributed by atoms with Gasteiger partial charge in [0.25, 0.3) is 0 Å². The number of aryl methyl sites for hydroxylation is 1. The Balaban J connectivity index is 1.63. The maximum atomic E-state index is 4.99. The van der Waals surface area contributed by atoms with Gasteiger partial charge in [-0.3, -0.25) is 8.97 Å². The third-order valence-corrected chi connectivity index (χ3v) is 6.99. The van der Waals surface area contributed by atoms with E-state index in [0.717, 1.165) is 50.1 Å². The van der Waals surface area contributed by atoms with Crippen LogP contribution in [0.3, 0.4) is 0 Å². The predicted molar refractivity (Wildman–Crippen MR) is 138 cm³/mol. The standard InChI is InChI=1S/C27H19N7S/c1-18-25(26(32-14-13-28-17-32)34(31-18)19-8-3-2-4-9-19)23-16-21(24-12-7-15-35-24)30-27-29-20-10-5-6-11-22(20)33(23)27/h2-17H,1H3. The summed E-state index contributed by atoms with van der Waals surface area (Å²) in [6.45, 7) is 2.05. The highest BCUT2D eigenvalue weighted by Crippen LogP contribution is 2.36. The molecule has 5 heterocycles. The molecule has 0 unspecified atom stereocenters. The lowest BCUT2D eigenvalue weighted by molar-refractivity contribution is 0.812. The topological polar surface area (TPSA) is 65.8 Å². The van der Waals surface area contributed by atoms with Crippen LogP contribution in [0.4, 0.5) is 0 Å². The van der Waals surface area contributed by atoms with E-state index < -0.39 is 0 Å². The summed E-state index contributed by atoms with van der Waals surface area (Å²) >= 11 is 1.67. The van der Waals surface area contributed by atoms with Gasteiger partial charge in [-0.2, -0.15) is 5.10 Å². The zero-order valence-corrected chi connectivity index (χ0v) is 19.6. The minimum atomic E-state index is 0.663. The van der Waals surface area contributed by atoms with Crippen molar-refractivity contribution in [3.05, 3.63) is 103 Å². The van der Waals surface area contributed by atoms with Crippen LogP contribution in [-0.2, 0) is 0 Å². The SMILES string of the molecule is Cc1nn(-c2ccccc2)c(-n2ccnc2)c1-c1cc(-c2cccs2)nc2nc3ccccc3n12. The zero-order chi connectivity index (χ0) is 23.4. The summed E-state index contributed by atoms with van der Waals surface area (Å²) in [6.07, 6.45) is 5.54. The number of rotatable bonds is 4. The van der Waals surface area contributed by atoms with Crippen molar-refractivity contribution in [2.45, 2.75) is 6.92 Å². The van der Waals surface area contributed by atoms with Gasteiger partial charge in [0.1, 0.15) is 6.33 Å². The van der Waals surface area contributed by atoms with Crippen LogP contribution in [-0.4, -0.2) is 33.7 Å². The van der Waals surface area contributed by atoms with Crippen molar-refractivity contribution in [2.24, 2.45) is 0 Å². The van der Waals surface area contributed by atoms with Crippen molar-refractivity contribution in [1.82, 2.24) is 33.7 Å². The third kappa shape index (κ3) is 3.11. The van der Waals surface area contributed by atoms with E-state index in [1.165, 1.54) is 0 Å². The lowest BCUT2D eigenvalue weighted by atomic mass is 10.1. The second kappa shape index (κ2) is 7.75. The number of benzene rings is 2. The molecule has 0 saturated carbocycles. The molecule has 0 aliphatic carbocycles. The first-order valence-corrected chi connectivity index (χ1v) is 12.1. The molecular weight excluding hydrogens is 454 g/mol. The Hall–Kier alpha value is -4.56. The maximum absolute atomic E-state index is 4.99. The average Bonchev–Trinajstić information content (AvgIpc) is 3.69. The van der Waals surface area contributed by atoms with Gasteiger partial charge >= 0.3 is 0 Å². The highest BCUT2D eigenvalue weighted by molar-refractivity contribution is 7.13. The number of thiophene rings is 1. The molecule has 0 bridgehead atoms. The summed E-state index contributed by atoms with van der Waals surface area (Å²) in [4.78, 5) is 15.2. The first-order chi connectivity index (χ1) is 17.3. The molecule has 0 atom stereocenters. The monoisotopic (exact) mass is 473 g/mol. The summed E-state index contributed by atoms with van der Waals surface area (Å²) < 4.78 is 6.12. The molecule has 0 amide bonds. The molecular formula is C27H19N7S. The maximum Gasteiger partial charge on any atom is 0.235 e. The summed E-state index contributed by atoms with van der Waals surface area (Å²) in [5, 5.41) is 7.06. The predicted octanol–water partition coefficient (Wildman–Crippen LogP) is 5.96. The van der Waals surface area contributed by atoms with Gasteiger partial charge in [-0.1, -0.05) is 36.4 Å². The molecule has 0 spiro atoms. The summed E-state index contributed by atoms with van der Waals surface area (Å²) in [6, 6.07) is 24.6. The first kappa shape index (κ1) is 19.9. The molecule has 2 aromatic carbocycles. The fourth-order valence-corrected chi connectivity index (χ4v) is 5.27. The third-order valence-electron chi connectivity index (χ3n) is 6.09. The molecule has 7 nitrogen and oxygen atoms in total. The van der Waals surface area contributed by atoms with Crippen molar-refractivity contribution in [3.8, 4) is 33.3 Å². The second-order valence-electron chi connectivity index (χ2n) is 8.24. The van der Waals surface area contributed by atoms with Crippen molar-refractivity contribution in [1.29, 1.82) is 0 Å². The molecule has 8 heteroatoms. The van der Waals surface area contributed by atoms with E-state index in [1.54, 1.807) is 17.5 Å². The number of hydrogen-bond acceptors (Lipinski definition) is 5. The van der Waals surface area contributed by atoms with Crippen LogP contribution in [0.2, 0.25) is 0 Å². The number of nitrogens with zero attached hydrogens (tertiary/aromatic N) is 7. The van der Waals surface area contributed by atoms with Gasteiger partial charge in [0.15, 0.2) is 5.82 Å². The summed E-state index contributed by atoms with van der Waals surface area (Å²) in [5.74, 6) is 1.57. The minimum Gasteiger partial charge on any atom is -0.290 e. The molecule has 0 radical (unpaired) electrons. The largest absolute Gasteiger partial charge is 0.290 e. The van der Waals surface area contributed by atoms with Crippen LogP contribution in [0.15, 0.2) is 96.9 Å². The van der Waals surface area contributed by atoms with Gasteiger partial charge in [-0.15, -0.1) is 11.3 Å². The Morgan fingerprint density at radius 3 is 2.54 bits per heavy atom. The van der Waals surface area contributed by atoms with Gasteiger partial charge in [-0.25, -0.2) is 19.6 Å². The van der Waals surface area contributed by atoms with Crippen LogP contribution in [0, 0.1) is 6.92 Å². The van der Waals surface area contributed by atoms with Gasteiger partial charge in [0.2, 0.25) is 5.78 Å². The smallest absolute Gasteiger partial charge is 0.235 e. The zero-order valence-electron chi connectivity index (χ0n) is 18.8. The van der Waals surface area contributed by atoms with Crippen LogP contribution in [0.25, 0.3) is 50.1 Å². The highest BCUT2D eigenvalue weighted by Gasteiger charge is 2.24. The quantitative estimate of drug-likeness (QED) is 0.316. The number of para-hydroxylation sites is 3. The molecule has 0 fully saturated rings. The Kier molecular flexibility index (Phi) is 4.40. The minimum absolute atomic E-state index is 0.663. The van der Waals surface area contributed by atoms with E-state index in [9.17, 15) is 0 Å². The van der Waals surface area contributed by atoms with Gasteiger partial charge < -0.3 is 0 Å². The molecule has 168 valence electrons. The van der Waals surface area contributed by atoms with E-state index in [-0.39, 0.29) is 0 Å². The molecule has 0 aliphatic rings. The Morgan fingerprint density at radius 1 is 0.886 bits per heavy atom. The normalized spacial score (nSPS) is 11.6. The summed E-state index contributed by atoms with van der Waals surface area (Å²) in [7, 11) is 0. The van der Waals surface area contributed by atoms with Crippen LogP contribution < -0.4 is 0 Å². The van der Waals surface area contributed by atoms with E-state index in [4.69, 9.17) is 15.1 Å². The molecule has 35 heavy (non-hydrogen) atoms. The average molecular weight is 474 g/mol. The fraction of sp³-hybridized carbons (Fsp3) is 0.0370. The molecule has 0 saturated heterocycles. The molecule has 5 aromatic heterocycles. The first-order valence-electron chi connectivity index (χ1n) is 11.2. The van der Waals surface area contributed by atoms with Crippen LogP contribution in [0.5, 0.6) is 0 Å². The Bertz CT molecular complexity index is 1790. The molecule has 7 aromatic rings. The number of imidazole rings is 2. The Labute approximate surface area is 204 Å². The molecule has 0 N–H and O–H groups in total. The van der Waals surface area contributed by atoms with E-state index in [0.29, 0.717) is 5.78 Å². The molecule has 0 aliphatic heterocycles.